The first-order chi connectivity index (χ1) is 5.37. The van der Waals surface area contributed by atoms with Gasteiger partial charge in [0, 0.05) is 25.0 Å². The molecular weight excluding hydrogens is 169 g/mol. The number of rotatable bonds is 0. The molecule has 0 saturated heterocycles. The van der Waals surface area contributed by atoms with Crippen LogP contribution in [0.4, 0.5) is 0 Å². The highest BCUT2D eigenvalue weighted by Gasteiger charge is 2.38. The number of hydrogen-bond donors (Lipinski definition) is 0. The third-order valence-corrected chi connectivity index (χ3v) is 2.01. The monoisotopic (exact) mass is 196 g/mol. The molecule has 0 N–H and O–H groups in total. The van der Waals surface area contributed by atoms with Crippen molar-refractivity contribution in [2.24, 2.45) is 0 Å². The molecule has 0 aromatic rings. The van der Waals surface area contributed by atoms with Crippen LogP contribution in [0.25, 0.3) is 0 Å². The highest BCUT2D eigenvalue weighted by molar-refractivity contribution is 5.75. The molecule has 0 aromatic carbocycles. The Morgan fingerprint density at radius 1 is 0.500 bits per heavy atom. The predicted molar refractivity (Wildman–Crippen MR) is 66.9 cm³/mol. The summed E-state index contributed by atoms with van der Waals surface area (Å²) in [5, 5.41) is 0. The quantitative estimate of drug-likeness (QED) is 0.537. The smallest absolute Gasteiger partial charge is 0.0135 e. The van der Waals surface area contributed by atoms with Gasteiger partial charge in [0.2, 0.25) is 0 Å². The molecule has 0 aromatic heterocycles. The molecule has 1 nitrogen and oxygen atoms in total. The molecule has 0 amide bonds. The molecule has 0 unspecified atom stereocenters. The second kappa shape index (κ2) is 4.26. The van der Waals surface area contributed by atoms with Crippen LogP contribution in [0, 0.1) is 0 Å². The van der Waals surface area contributed by atoms with Gasteiger partial charge in [-0.2, -0.15) is 0 Å². The van der Waals surface area contributed by atoms with Crippen LogP contribution in [0.3, 0.4) is 0 Å². The van der Waals surface area contributed by atoms with E-state index in [9.17, 15) is 0 Å². The lowest BCUT2D eigenvalue weighted by molar-refractivity contribution is -0.0402. The average molecular weight is 196 g/mol. The average Bonchev–Trinajstić information content (AvgIpc) is 1.44. The van der Waals surface area contributed by atoms with Crippen LogP contribution in [0.2, 0.25) is 0 Å². The first-order valence-electron chi connectivity index (χ1n) is 5.17. The molecule has 0 aliphatic rings. The Kier molecular flexibility index (Phi) is 5.01. The standard InChI is InChI=1S/C12H27N.B/c1-10(2,3)13(11(4,5)6)12(7,8)9;/h1-9H3;. The minimum Gasteiger partial charge on any atom is -0.289 e. The summed E-state index contributed by atoms with van der Waals surface area (Å²) >= 11 is 0. The van der Waals surface area contributed by atoms with E-state index in [2.05, 4.69) is 67.2 Å². The summed E-state index contributed by atoms with van der Waals surface area (Å²) in [5.74, 6) is 0. The van der Waals surface area contributed by atoms with Crippen molar-refractivity contribution in [1.82, 2.24) is 4.90 Å². The highest BCUT2D eigenvalue weighted by atomic mass is 15.3. The third kappa shape index (κ3) is 4.50. The minimum atomic E-state index is 0. The van der Waals surface area contributed by atoms with Crippen LogP contribution in [0.5, 0.6) is 0 Å². The minimum absolute atomic E-state index is 0. The van der Waals surface area contributed by atoms with Crippen molar-refractivity contribution in [1.29, 1.82) is 0 Å². The Balaban J connectivity index is 0. The van der Waals surface area contributed by atoms with Crippen LogP contribution in [-0.2, 0) is 0 Å². The lowest BCUT2D eigenvalue weighted by atomic mass is 9.88. The fourth-order valence-corrected chi connectivity index (χ4v) is 3.02. The first-order valence-corrected chi connectivity index (χ1v) is 5.17. The molecule has 0 saturated carbocycles. The van der Waals surface area contributed by atoms with E-state index in [1.807, 2.05) is 0 Å². The zero-order chi connectivity index (χ0) is 11.1. The first kappa shape index (κ1) is 16.5. The molecule has 0 bridgehead atoms. The summed E-state index contributed by atoms with van der Waals surface area (Å²) in [6, 6.07) is 0. The number of nitrogens with zero attached hydrogens (tertiary/aromatic N) is 1. The Bertz CT molecular complexity index is 133. The van der Waals surface area contributed by atoms with Gasteiger partial charge in [0.1, 0.15) is 0 Å². The van der Waals surface area contributed by atoms with E-state index in [1.54, 1.807) is 0 Å². The van der Waals surface area contributed by atoms with Gasteiger partial charge >= 0.3 is 0 Å². The van der Waals surface area contributed by atoms with Crippen molar-refractivity contribution in [3.8, 4) is 0 Å². The van der Waals surface area contributed by atoms with Gasteiger partial charge in [-0.05, 0) is 62.3 Å². The lowest BCUT2D eigenvalue weighted by Crippen LogP contribution is -2.60. The molecule has 14 heavy (non-hydrogen) atoms. The lowest BCUT2D eigenvalue weighted by Gasteiger charge is -2.53. The summed E-state index contributed by atoms with van der Waals surface area (Å²) in [6.07, 6.45) is 0. The fraction of sp³-hybridized carbons (Fsp3) is 1.00. The molecule has 83 valence electrons. The van der Waals surface area contributed by atoms with Crippen LogP contribution in [-0.4, -0.2) is 29.9 Å². The van der Waals surface area contributed by atoms with E-state index in [-0.39, 0.29) is 25.0 Å². The van der Waals surface area contributed by atoms with E-state index in [1.165, 1.54) is 0 Å². The fourth-order valence-electron chi connectivity index (χ4n) is 3.02. The SMILES string of the molecule is CC(C)(C)N(C(C)(C)C)C(C)(C)C.[B]. The van der Waals surface area contributed by atoms with Crippen LogP contribution in [0.1, 0.15) is 62.3 Å². The van der Waals surface area contributed by atoms with Crippen molar-refractivity contribution >= 4 is 8.41 Å². The summed E-state index contributed by atoms with van der Waals surface area (Å²) in [7, 11) is 0. The molecular formula is C12H27BN. The van der Waals surface area contributed by atoms with E-state index >= 15 is 0 Å². The van der Waals surface area contributed by atoms with Gasteiger partial charge in [-0.3, -0.25) is 4.90 Å². The summed E-state index contributed by atoms with van der Waals surface area (Å²) in [5.41, 5.74) is 0.656. The largest absolute Gasteiger partial charge is 0.289 e. The summed E-state index contributed by atoms with van der Waals surface area (Å²) < 4.78 is 0. The number of hydrogen-bond acceptors (Lipinski definition) is 1. The molecule has 0 aliphatic heterocycles. The third-order valence-electron chi connectivity index (χ3n) is 2.01. The van der Waals surface area contributed by atoms with E-state index in [0.29, 0.717) is 0 Å². The zero-order valence-electron chi connectivity index (χ0n) is 11.5. The van der Waals surface area contributed by atoms with Gasteiger partial charge in [-0.1, -0.05) is 0 Å². The predicted octanol–water partition coefficient (Wildman–Crippen LogP) is 3.30. The van der Waals surface area contributed by atoms with Gasteiger partial charge in [0.05, 0.1) is 0 Å². The normalized spacial score (nSPS) is 14.1. The van der Waals surface area contributed by atoms with Crippen LogP contribution in [0.15, 0.2) is 0 Å². The maximum Gasteiger partial charge on any atom is 0.0135 e. The van der Waals surface area contributed by atoms with Crippen LogP contribution < -0.4 is 0 Å². The van der Waals surface area contributed by atoms with Crippen molar-refractivity contribution < 1.29 is 0 Å². The molecule has 0 atom stereocenters. The second-order valence-corrected chi connectivity index (χ2v) is 6.85. The van der Waals surface area contributed by atoms with Gasteiger partial charge in [-0.15, -0.1) is 0 Å². The van der Waals surface area contributed by atoms with Crippen molar-refractivity contribution in [3.05, 3.63) is 0 Å². The molecule has 3 radical (unpaired) electrons. The van der Waals surface area contributed by atoms with Gasteiger partial charge in [-0.25, -0.2) is 0 Å². The molecule has 0 aliphatic carbocycles. The Morgan fingerprint density at radius 3 is 0.643 bits per heavy atom. The van der Waals surface area contributed by atoms with E-state index in [4.69, 9.17) is 0 Å². The summed E-state index contributed by atoms with van der Waals surface area (Å²) in [6.45, 7) is 20.5. The maximum atomic E-state index is 2.56. The van der Waals surface area contributed by atoms with Gasteiger partial charge in [0.25, 0.3) is 0 Å². The van der Waals surface area contributed by atoms with Crippen molar-refractivity contribution in [2.75, 3.05) is 0 Å². The maximum absolute atomic E-state index is 2.56. The Hall–Kier alpha value is 0.0249. The highest BCUT2D eigenvalue weighted by Crippen LogP contribution is 2.32. The van der Waals surface area contributed by atoms with Crippen molar-refractivity contribution in [3.63, 3.8) is 0 Å². The van der Waals surface area contributed by atoms with E-state index in [0.717, 1.165) is 0 Å². The zero-order valence-corrected chi connectivity index (χ0v) is 11.5. The summed E-state index contributed by atoms with van der Waals surface area (Å²) in [4.78, 5) is 2.56. The molecule has 2 heteroatoms. The van der Waals surface area contributed by atoms with Gasteiger partial charge < -0.3 is 0 Å². The molecule has 0 fully saturated rings. The van der Waals surface area contributed by atoms with E-state index < -0.39 is 0 Å². The van der Waals surface area contributed by atoms with Crippen molar-refractivity contribution in [2.45, 2.75) is 78.9 Å². The van der Waals surface area contributed by atoms with Gasteiger partial charge in [0.15, 0.2) is 0 Å². The Labute approximate surface area is 92.8 Å². The Morgan fingerprint density at radius 2 is 0.643 bits per heavy atom. The van der Waals surface area contributed by atoms with Crippen LogP contribution >= 0.6 is 0 Å². The molecule has 0 heterocycles. The molecule has 0 spiro atoms. The second-order valence-electron chi connectivity index (χ2n) is 6.85. The molecule has 0 rings (SSSR count). The topological polar surface area (TPSA) is 3.24 Å².